The summed E-state index contributed by atoms with van der Waals surface area (Å²) in [6.07, 6.45) is 3.68. The van der Waals surface area contributed by atoms with Gasteiger partial charge in [-0.2, -0.15) is 0 Å². The molecule has 0 aliphatic carbocycles. The van der Waals surface area contributed by atoms with E-state index in [2.05, 4.69) is 37.0 Å². The number of pyridine rings is 1. The molecule has 0 amide bonds. The molecular formula is C16H19NO. The van der Waals surface area contributed by atoms with E-state index in [1.165, 1.54) is 11.1 Å². The molecule has 1 unspecified atom stereocenters. The molecule has 1 atom stereocenters. The molecule has 1 aromatic carbocycles. The Bertz CT molecular complexity index is 549. The summed E-state index contributed by atoms with van der Waals surface area (Å²) < 4.78 is 0. The van der Waals surface area contributed by atoms with Gasteiger partial charge in [-0.1, -0.05) is 24.3 Å². The van der Waals surface area contributed by atoms with Crippen LogP contribution in [0.15, 0.2) is 36.7 Å². The molecule has 18 heavy (non-hydrogen) atoms. The molecule has 0 saturated heterocycles. The lowest BCUT2D eigenvalue weighted by Crippen LogP contribution is -2.03. The van der Waals surface area contributed by atoms with E-state index in [4.69, 9.17) is 0 Å². The molecule has 0 bridgehead atoms. The van der Waals surface area contributed by atoms with Gasteiger partial charge < -0.3 is 5.11 Å². The van der Waals surface area contributed by atoms with Crippen molar-refractivity contribution >= 4 is 0 Å². The third kappa shape index (κ3) is 2.96. The van der Waals surface area contributed by atoms with Crippen LogP contribution < -0.4 is 0 Å². The van der Waals surface area contributed by atoms with Crippen LogP contribution in [-0.2, 0) is 6.42 Å². The third-order valence-electron chi connectivity index (χ3n) is 3.28. The molecule has 2 nitrogen and oxygen atoms in total. The minimum absolute atomic E-state index is 0.487. The van der Waals surface area contributed by atoms with E-state index in [-0.39, 0.29) is 0 Å². The second-order valence-corrected chi connectivity index (χ2v) is 4.93. The topological polar surface area (TPSA) is 33.1 Å². The highest BCUT2D eigenvalue weighted by Crippen LogP contribution is 2.20. The van der Waals surface area contributed by atoms with Crippen LogP contribution in [0.3, 0.4) is 0 Å². The highest BCUT2D eigenvalue weighted by molar-refractivity contribution is 5.31. The first-order valence-corrected chi connectivity index (χ1v) is 6.22. The molecular weight excluding hydrogens is 222 g/mol. The van der Waals surface area contributed by atoms with Crippen LogP contribution in [0.1, 0.15) is 33.9 Å². The molecule has 0 aliphatic rings. The van der Waals surface area contributed by atoms with E-state index in [1.807, 2.05) is 13.0 Å². The number of hydrogen-bond acceptors (Lipinski definition) is 2. The Morgan fingerprint density at radius 3 is 2.50 bits per heavy atom. The predicted molar refractivity (Wildman–Crippen MR) is 73.6 cm³/mol. The fourth-order valence-electron chi connectivity index (χ4n) is 2.03. The maximum absolute atomic E-state index is 10.2. The number of hydrogen-bond donors (Lipinski definition) is 1. The minimum atomic E-state index is -0.487. The van der Waals surface area contributed by atoms with Crippen LogP contribution in [0.2, 0.25) is 0 Å². The van der Waals surface area contributed by atoms with Crippen molar-refractivity contribution in [3.63, 3.8) is 0 Å². The molecule has 0 aliphatic heterocycles. The predicted octanol–water partition coefficient (Wildman–Crippen LogP) is 3.28. The first-order valence-electron chi connectivity index (χ1n) is 6.22. The van der Waals surface area contributed by atoms with Gasteiger partial charge in [0, 0.05) is 18.8 Å². The van der Waals surface area contributed by atoms with Gasteiger partial charge in [0.25, 0.3) is 0 Å². The van der Waals surface area contributed by atoms with Gasteiger partial charge in [0.05, 0.1) is 6.10 Å². The number of benzene rings is 1. The monoisotopic (exact) mass is 241 g/mol. The zero-order valence-corrected chi connectivity index (χ0v) is 11.1. The summed E-state index contributed by atoms with van der Waals surface area (Å²) in [5, 5.41) is 10.2. The Labute approximate surface area is 108 Å². The average molecular weight is 241 g/mol. The van der Waals surface area contributed by atoms with Crippen molar-refractivity contribution < 1.29 is 5.11 Å². The van der Waals surface area contributed by atoms with Gasteiger partial charge in [-0.25, -0.2) is 0 Å². The fraction of sp³-hybridized carbons (Fsp3) is 0.312. The van der Waals surface area contributed by atoms with Crippen molar-refractivity contribution in [3.8, 4) is 0 Å². The molecule has 0 radical (unpaired) electrons. The summed E-state index contributed by atoms with van der Waals surface area (Å²) in [5.74, 6) is 0. The SMILES string of the molecule is Cc1cncc(C(O)Cc2ccc(C)c(C)c2)c1. The Morgan fingerprint density at radius 1 is 1.06 bits per heavy atom. The normalized spacial score (nSPS) is 12.4. The molecule has 1 heterocycles. The maximum Gasteiger partial charge on any atom is 0.0845 e. The van der Waals surface area contributed by atoms with Crippen molar-refractivity contribution in [1.29, 1.82) is 0 Å². The van der Waals surface area contributed by atoms with Crippen LogP contribution in [0.4, 0.5) is 0 Å². The van der Waals surface area contributed by atoms with E-state index in [0.29, 0.717) is 6.42 Å². The molecule has 0 saturated carbocycles. The first kappa shape index (κ1) is 12.8. The van der Waals surface area contributed by atoms with Crippen LogP contribution in [0.25, 0.3) is 0 Å². The molecule has 2 rings (SSSR count). The molecule has 2 aromatic rings. The smallest absolute Gasteiger partial charge is 0.0845 e. The Hall–Kier alpha value is -1.67. The van der Waals surface area contributed by atoms with Crippen LogP contribution >= 0.6 is 0 Å². The third-order valence-corrected chi connectivity index (χ3v) is 3.28. The van der Waals surface area contributed by atoms with E-state index in [1.54, 1.807) is 12.4 Å². The number of aliphatic hydroxyl groups excluding tert-OH is 1. The van der Waals surface area contributed by atoms with Gasteiger partial charge in [-0.15, -0.1) is 0 Å². The van der Waals surface area contributed by atoms with E-state index < -0.39 is 6.10 Å². The summed E-state index contributed by atoms with van der Waals surface area (Å²) in [5.41, 5.74) is 5.67. The first-order chi connectivity index (χ1) is 8.56. The van der Waals surface area contributed by atoms with Crippen molar-refractivity contribution in [2.24, 2.45) is 0 Å². The highest BCUT2D eigenvalue weighted by atomic mass is 16.3. The highest BCUT2D eigenvalue weighted by Gasteiger charge is 2.09. The zero-order chi connectivity index (χ0) is 13.1. The number of aryl methyl sites for hydroxylation is 3. The van der Waals surface area contributed by atoms with E-state index >= 15 is 0 Å². The van der Waals surface area contributed by atoms with Gasteiger partial charge in [-0.05, 0) is 48.6 Å². The Morgan fingerprint density at radius 2 is 1.83 bits per heavy atom. The number of aliphatic hydroxyl groups is 1. The van der Waals surface area contributed by atoms with Crippen molar-refractivity contribution in [2.75, 3.05) is 0 Å². The average Bonchev–Trinajstić information content (AvgIpc) is 2.34. The summed E-state index contributed by atoms with van der Waals surface area (Å²) in [6, 6.07) is 8.31. The van der Waals surface area contributed by atoms with E-state index in [9.17, 15) is 5.11 Å². The minimum Gasteiger partial charge on any atom is -0.388 e. The lowest BCUT2D eigenvalue weighted by molar-refractivity contribution is 0.178. The van der Waals surface area contributed by atoms with Gasteiger partial charge in [0.1, 0.15) is 0 Å². The van der Waals surface area contributed by atoms with E-state index in [0.717, 1.165) is 16.7 Å². The quantitative estimate of drug-likeness (QED) is 0.894. The maximum atomic E-state index is 10.2. The number of aromatic nitrogens is 1. The Kier molecular flexibility index (Phi) is 3.78. The second-order valence-electron chi connectivity index (χ2n) is 4.93. The molecule has 94 valence electrons. The lowest BCUT2D eigenvalue weighted by atomic mass is 9.99. The molecule has 0 spiro atoms. The van der Waals surface area contributed by atoms with Crippen LogP contribution in [0.5, 0.6) is 0 Å². The summed E-state index contributed by atoms with van der Waals surface area (Å²) in [6.45, 7) is 6.18. The molecule has 2 heteroatoms. The van der Waals surface area contributed by atoms with Crippen molar-refractivity contribution in [3.05, 3.63) is 64.5 Å². The van der Waals surface area contributed by atoms with Crippen molar-refractivity contribution in [2.45, 2.75) is 33.3 Å². The fourth-order valence-corrected chi connectivity index (χ4v) is 2.03. The number of nitrogens with zero attached hydrogens (tertiary/aromatic N) is 1. The molecule has 0 fully saturated rings. The largest absolute Gasteiger partial charge is 0.388 e. The number of rotatable bonds is 3. The standard InChI is InChI=1S/C16H19NO/c1-11-6-15(10-17-9-11)16(18)8-14-5-4-12(2)13(3)7-14/h4-7,9-10,16,18H,8H2,1-3H3. The Balaban J connectivity index is 2.16. The van der Waals surface area contributed by atoms with Crippen molar-refractivity contribution in [1.82, 2.24) is 4.98 Å². The van der Waals surface area contributed by atoms with Gasteiger partial charge in [0.15, 0.2) is 0 Å². The lowest BCUT2D eigenvalue weighted by Gasteiger charge is -2.12. The summed E-state index contributed by atoms with van der Waals surface area (Å²) in [7, 11) is 0. The van der Waals surface area contributed by atoms with Gasteiger partial charge in [-0.3, -0.25) is 4.98 Å². The summed E-state index contributed by atoms with van der Waals surface area (Å²) in [4.78, 5) is 4.12. The van der Waals surface area contributed by atoms with Crippen LogP contribution in [0, 0.1) is 20.8 Å². The molecule has 1 aromatic heterocycles. The van der Waals surface area contributed by atoms with Crippen LogP contribution in [-0.4, -0.2) is 10.1 Å². The van der Waals surface area contributed by atoms with Gasteiger partial charge >= 0.3 is 0 Å². The molecule has 1 N–H and O–H groups in total. The van der Waals surface area contributed by atoms with Gasteiger partial charge in [0.2, 0.25) is 0 Å². The zero-order valence-electron chi connectivity index (χ0n) is 11.1. The summed E-state index contributed by atoms with van der Waals surface area (Å²) >= 11 is 0. The second kappa shape index (κ2) is 5.32.